The van der Waals surface area contributed by atoms with Gasteiger partial charge in [-0.3, -0.25) is 9.59 Å². The van der Waals surface area contributed by atoms with Gasteiger partial charge in [0.15, 0.2) is 0 Å². The molecule has 1 N–H and O–H groups in total. The van der Waals surface area contributed by atoms with Crippen LogP contribution in [0.5, 0.6) is 0 Å². The quantitative estimate of drug-likeness (QED) is 0.833. The SMILES string of the molecule is N#CC1(C(=O)N2CCC3(CC2)CC3C(=O)O)CCCC1. The second kappa shape index (κ2) is 4.47. The molecule has 1 spiro atoms. The molecule has 2 aliphatic carbocycles. The number of carboxylic acid groups (broad SMARTS) is 1. The van der Waals surface area contributed by atoms with E-state index in [9.17, 15) is 14.9 Å². The zero-order valence-corrected chi connectivity index (χ0v) is 11.6. The van der Waals surface area contributed by atoms with Crippen LogP contribution in [0.15, 0.2) is 0 Å². The fourth-order valence-corrected chi connectivity index (χ4v) is 4.06. The van der Waals surface area contributed by atoms with Gasteiger partial charge in [0, 0.05) is 13.1 Å². The lowest BCUT2D eigenvalue weighted by molar-refractivity contribution is -0.141. The Bertz CT molecular complexity index is 480. The van der Waals surface area contributed by atoms with Gasteiger partial charge in [0.25, 0.3) is 0 Å². The summed E-state index contributed by atoms with van der Waals surface area (Å²) in [5, 5.41) is 18.4. The highest BCUT2D eigenvalue weighted by molar-refractivity contribution is 5.86. The predicted molar refractivity (Wildman–Crippen MR) is 70.5 cm³/mol. The smallest absolute Gasteiger partial charge is 0.307 e. The summed E-state index contributed by atoms with van der Waals surface area (Å²) in [6.45, 7) is 1.23. The normalized spacial score (nSPS) is 29.9. The summed E-state index contributed by atoms with van der Waals surface area (Å²) in [5.41, 5.74) is -0.849. The topological polar surface area (TPSA) is 81.4 Å². The Morgan fingerprint density at radius 1 is 1.15 bits per heavy atom. The third kappa shape index (κ3) is 1.90. The number of rotatable bonds is 2. The molecule has 1 heterocycles. The molecule has 1 atom stereocenters. The number of hydrogen-bond donors (Lipinski definition) is 1. The zero-order chi connectivity index (χ0) is 14.4. The molecular formula is C15H20N2O3. The van der Waals surface area contributed by atoms with Gasteiger partial charge in [-0.05, 0) is 37.5 Å². The van der Waals surface area contributed by atoms with Crippen LogP contribution in [-0.4, -0.2) is 35.0 Å². The van der Waals surface area contributed by atoms with Crippen LogP contribution in [0.3, 0.4) is 0 Å². The molecule has 3 aliphatic rings. The maximum absolute atomic E-state index is 12.6. The number of carbonyl (C=O) groups is 2. The van der Waals surface area contributed by atoms with E-state index >= 15 is 0 Å². The molecule has 108 valence electrons. The number of piperidine rings is 1. The lowest BCUT2D eigenvalue weighted by atomic mass is 9.84. The largest absolute Gasteiger partial charge is 0.481 e. The molecule has 0 aromatic heterocycles. The summed E-state index contributed by atoms with van der Waals surface area (Å²) in [5.74, 6) is -0.926. The molecule has 3 fully saturated rings. The van der Waals surface area contributed by atoms with E-state index in [1.807, 2.05) is 0 Å². The number of hydrogen-bond acceptors (Lipinski definition) is 3. The van der Waals surface area contributed by atoms with Crippen molar-refractivity contribution in [3.8, 4) is 6.07 Å². The highest BCUT2D eigenvalue weighted by Gasteiger charge is 2.59. The van der Waals surface area contributed by atoms with Gasteiger partial charge in [-0.25, -0.2) is 0 Å². The Balaban J connectivity index is 1.63. The third-order valence-corrected chi connectivity index (χ3v) is 5.61. The molecule has 1 saturated heterocycles. The van der Waals surface area contributed by atoms with Crippen molar-refractivity contribution in [2.24, 2.45) is 16.7 Å². The average Bonchev–Trinajstić information content (AvgIpc) is 2.95. The molecule has 0 aromatic rings. The van der Waals surface area contributed by atoms with Gasteiger partial charge in [0.05, 0.1) is 12.0 Å². The number of nitrogens with zero attached hydrogens (tertiary/aromatic N) is 2. The maximum Gasteiger partial charge on any atom is 0.307 e. The Labute approximate surface area is 118 Å². The fraction of sp³-hybridized carbons (Fsp3) is 0.800. The van der Waals surface area contributed by atoms with Crippen LogP contribution >= 0.6 is 0 Å². The standard InChI is InChI=1S/C15H20N2O3/c16-10-15(3-1-2-4-15)13(20)17-7-5-14(6-8-17)9-11(14)12(18)19/h11H,1-9H2,(H,18,19). The third-order valence-electron chi connectivity index (χ3n) is 5.61. The first-order valence-corrected chi connectivity index (χ1v) is 7.46. The second-order valence-electron chi connectivity index (χ2n) is 6.65. The molecular weight excluding hydrogens is 256 g/mol. The Kier molecular flexibility index (Phi) is 3.00. The van der Waals surface area contributed by atoms with Crippen LogP contribution < -0.4 is 0 Å². The minimum absolute atomic E-state index is 0.0140. The number of nitriles is 1. The summed E-state index contributed by atoms with van der Waals surface area (Å²) >= 11 is 0. The van der Waals surface area contributed by atoms with Crippen molar-refractivity contribution in [2.45, 2.75) is 44.9 Å². The number of aliphatic carboxylic acids is 1. The van der Waals surface area contributed by atoms with E-state index in [-0.39, 0.29) is 17.2 Å². The Hall–Kier alpha value is -1.57. The van der Waals surface area contributed by atoms with E-state index in [1.165, 1.54) is 0 Å². The molecule has 2 saturated carbocycles. The number of amides is 1. The summed E-state index contributed by atoms with van der Waals surface area (Å²) in [6.07, 6.45) is 5.59. The van der Waals surface area contributed by atoms with Gasteiger partial charge in [-0.1, -0.05) is 12.8 Å². The average molecular weight is 276 g/mol. The van der Waals surface area contributed by atoms with Crippen LogP contribution in [-0.2, 0) is 9.59 Å². The number of likely N-dealkylation sites (tertiary alicyclic amines) is 1. The summed E-state index contributed by atoms with van der Waals surface area (Å²) in [7, 11) is 0. The highest BCUT2D eigenvalue weighted by Crippen LogP contribution is 2.59. The van der Waals surface area contributed by atoms with E-state index in [4.69, 9.17) is 5.11 Å². The Morgan fingerprint density at radius 2 is 1.75 bits per heavy atom. The van der Waals surface area contributed by atoms with Crippen LogP contribution in [0.4, 0.5) is 0 Å². The molecule has 1 aliphatic heterocycles. The Morgan fingerprint density at radius 3 is 2.20 bits per heavy atom. The molecule has 0 aromatic carbocycles. The minimum Gasteiger partial charge on any atom is -0.481 e. The van der Waals surface area contributed by atoms with Crippen molar-refractivity contribution >= 4 is 11.9 Å². The van der Waals surface area contributed by atoms with Crippen molar-refractivity contribution in [1.82, 2.24) is 4.90 Å². The first-order chi connectivity index (χ1) is 9.53. The second-order valence-corrected chi connectivity index (χ2v) is 6.65. The van der Waals surface area contributed by atoms with Crippen molar-refractivity contribution in [3.63, 3.8) is 0 Å². The number of carbonyl (C=O) groups excluding carboxylic acids is 1. The lowest BCUT2D eigenvalue weighted by Gasteiger charge is -2.36. The molecule has 1 amide bonds. The van der Waals surface area contributed by atoms with Crippen molar-refractivity contribution in [2.75, 3.05) is 13.1 Å². The van der Waals surface area contributed by atoms with Crippen molar-refractivity contribution < 1.29 is 14.7 Å². The van der Waals surface area contributed by atoms with E-state index < -0.39 is 11.4 Å². The first-order valence-electron chi connectivity index (χ1n) is 7.46. The highest BCUT2D eigenvalue weighted by atomic mass is 16.4. The summed E-state index contributed by atoms with van der Waals surface area (Å²) in [6, 6.07) is 2.25. The van der Waals surface area contributed by atoms with E-state index in [1.54, 1.807) is 4.90 Å². The van der Waals surface area contributed by atoms with Gasteiger partial charge in [-0.2, -0.15) is 5.26 Å². The predicted octanol–water partition coefficient (Wildman–Crippen LogP) is 1.78. The zero-order valence-electron chi connectivity index (χ0n) is 11.6. The molecule has 1 unspecified atom stereocenters. The number of carboxylic acids is 1. The molecule has 20 heavy (non-hydrogen) atoms. The monoisotopic (exact) mass is 276 g/mol. The molecule has 5 nitrogen and oxygen atoms in total. The van der Waals surface area contributed by atoms with Gasteiger partial charge in [0.1, 0.15) is 5.41 Å². The van der Waals surface area contributed by atoms with Gasteiger partial charge in [-0.15, -0.1) is 0 Å². The molecule has 5 heteroatoms. The summed E-state index contributed by atoms with van der Waals surface area (Å²) < 4.78 is 0. The van der Waals surface area contributed by atoms with Gasteiger partial charge in [0.2, 0.25) is 5.91 Å². The maximum atomic E-state index is 12.6. The summed E-state index contributed by atoms with van der Waals surface area (Å²) in [4.78, 5) is 25.4. The fourth-order valence-electron chi connectivity index (χ4n) is 4.06. The van der Waals surface area contributed by atoms with Crippen molar-refractivity contribution in [3.05, 3.63) is 0 Å². The first kappa shape index (κ1) is 13.4. The molecule has 0 radical (unpaired) electrons. The molecule has 0 bridgehead atoms. The van der Waals surface area contributed by atoms with Gasteiger partial charge >= 0.3 is 5.97 Å². The molecule has 3 rings (SSSR count). The van der Waals surface area contributed by atoms with Gasteiger partial charge < -0.3 is 10.0 Å². The van der Waals surface area contributed by atoms with Crippen LogP contribution in [0.25, 0.3) is 0 Å². The van der Waals surface area contributed by atoms with Crippen LogP contribution in [0.2, 0.25) is 0 Å². The van der Waals surface area contributed by atoms with Crippen molar-refractivity contribution in [1.29, 1.82) is 5.26 Å². The minimum atomic E-state index is -0.791. The van der Waals surface area contributed by atoms with Crippen LogP contribution in [0, 0.1) is 28.1 Å². The lowest BCUT2D eigenvalue weighted by Crippen LogP contribution is -2.46. The van der Waals surface area contributed by atoms with Crippen LogP contribution in [0.1, 0.15) is 44.9 Å². The van der Waals surface area contributed by atoms with E-state index in [0.717, 1.165) is 32.1 Å². The van der Waals surface area contributed by atoms with E-state index in [0.29, 0.717) is 25.9 Å². The van der Waals surface area contributed by atoms with E-state index in [2.05, 4.69) is 6.07 Å².